The van der Waals surface area contributed by atoms with E-state index in [1.807, 2.05) is 10.3 Å². The minimum absolute atomic E-state index is 0.00580. The van der Waals surface area contributed by atoms with Crippen molar-refractivity contribution in [3.8, 4) is 0 Å². The molecule has 1 aromatic carbocycles. The van der Waals surface area contributed by atoms with Crippen LogP contribution in [0.15, 0.2) is 35.8 Å². The Morgan fingerprint density at radius 3 is 2.92 bits per heavy atom. The van der Waals surface area contributed by atoms with Crippen LogP contribution in [0.25, 0.3) is 0 Å². The van der Waals surface area contributed by atoms with E-state index in [-0.39, 0.29) is 30.5 Å². The molecule has 0 saturated carbocycles. The molecule has 1 atom stereocenters. The first kappa shape index (κ1) is 17.5. The smallest absolute Gasteiger partial charge is 0.254 e. The van der Waals surface area contributed by atoms with Gasteiger partial charge in [0, 0.05) is 31.1 Å². The molecule has 1 aliphatic heterocycles. The maximum absolute atomic E-state index is 13.6. The molecule has 0 spiro atoms. The van der Waals surface area contributed by atoms with E-state index in [0.29, 0.717) is 6.54 Å². The molecule has 0 aliphatic carbocycles. The first-order chi connectivity index (χ1) is 12.2. The number of benzene rings is 1. The largest absolute Gasteiger partial charge is 0.351 e. The zero-order valence-electron chi connectivity index (χ0n) is 13.8. The highest BCUT2D eigenvalue weighted by molar-refractivity contribution is 7.09. The summed E-state index contributed by atoms with van der Waals surface area (Å²) < 4.78 is 13.6. The highest BCUT2D eigenvalue weighted by Crippen LogP contribution is 2.32. The van der Waals surface area contributed by atoms with E-state index in [4.69, 9.17) is 0 Å². The molecule has 1 fully saturated rings. The molecule has 1 aliphatic rings. The average molecular weight is 361 g/mol. The summed E-state index contributed by atoms with van der Waals surface area (Å²) in [6, 6.07) is 5.84. The van der Waals surface area contributed by atoms with Crippen LogP contribution in [0.4, 0.5) is 4.39 Å². The Morgan fingerprint density at radius 2 is 2.16 bits per heavy atom. The number of rotatable bonds is 5. The molecule has 1 N–H and O–H groups in total. The van der Waals surface area contributed by atoms with Crippen LogP contribution in [0.2, 0.25) is 0 Å². The summed E-state index contributed by atoms with van der Waals surface area (Å²) in [5.74, 6) is -1.07. The van der Waals surface area contributed by atoms with Gasteiger partial charge in [-0.05, 0) is 31.4 Å². The summed E-state index contributed by atoms with van der Waals surface area (Å²) in [7, 11) is 0. The molecule has 25 heavy (non-hydrogen) atoms. The van der Waals surface area contributed by atoms with Gasteiger partial charge < -0.3 is 10.2 Å². The number of nitrogens with one attached hydrogen (secondary N) is 1. The molecule has 7 heteroatoms. The van der Waals surface area contributed by atoms with Gasteiger partial charge in [0.15, 0.2) is 0 Å². The first-order valence-electron chi connectivity index (χ1n) is 8.38. The molecular formula is C18H20FN3O2S. The third kappa shape index (κ3) is 4.22. The van der Waals surface area contributed by atoms with Crippen molar-refractivity contribution in [2.24, 2.45) is 0 Å². The normalized spacial score (nSPS) is 17.3. The number of hydrogen-bond acceptors (Lipinski definition) is 4. The highest BCUT2D eigenvalue weighted by Gasteiger charge is 2.29. The molecule has 3 rings (SSSR count). The SMILES string of the molecule is O=C(NCCC(=O)N1CCCCC1c1nccs1)c1ccccc1F. The fraction of sp³-hybridized carbons (Fsp3) is 0.389. The maximum Gasteiger partial charge on any atom is 0.254 e. The van der Waals surface area contributed by atoms with E-state index >= 15 is 0 Å². The number of carbonyl (C=O) groups is 2. The number of nitrogens with zero attached hydrogens (tertiary/aromatic N) is 2. The van der Waals surface area contributed by atoms with Crippen LogP contribution in [-0.2, 0) is 4.79 Å². The topological polar surface area (TPSA) is 62.3 Å². The summed E-state index contributed by atoms with van der Waals surface area (Å²) in [6.07, 6.45) is 4.93. The Balaban J connectivity index is 1.55. The summed E-state index contributed by atoms with van der Waals surface area (Å²) in [5, 5.41) is 5.50. The van der Waals surface area contributed by atoms with Crippen molar-refractivity contribution in [2.45, 2.75) is 31.7 Å². The van der Waals surface area contributed by atoms with Crippen molar-refractivity contribution in [2.75, 3.05) is 13.1 Å². The molecule has 2 aromatic rings. The lowest BCUT2D eigenvalue weighted by atomic mass is 10.0. The van der Waals surface area contributed by atoms with Crippen molar-refractivity contribution >= 4 is 23.2 Å². The summed E-state index contributed by atoms with van der Waals surface area (Å²) >= 11 is 1.56. The molecule has 0 bridgehead atoms. The maximum atomic E-state index is 13.6. The van der Waals surface area contributed by atoms with Crippen molar-refractivity contribution < 1.29 is 14.0 Å². The number of carbonyl (C=O) groups excluding carboxylic acids is 2. The van der Waals surface area contributed by atoms with Crippen molar-refractivity contribution in [1.82, 2.24) is 15.2 Å². The van der Waals surface area contributed by atoms with Crippen LogP contribution in [0.5, 0.6) is 0 Å². The quantitative estimate of drug-likeness (QED) is 0.890. The van der Waals surface area contributed by atoms with Crippen LogP contribution in [-0.4, -0.2) is 34.8 Å². The number of amides is 2. The molecule has 1 unspecified atom stereocenters. The number of likely N-dealkylation sites (tertiary alicyclic amines) is 1. The number of hydrogen-bond donors (Lipinski definition) is 1. The second kappa shape index (κ2) is 8.20. The molecule has 132 valence electrons. The Bertz CT molecular complexity index is 736. The van der Waals surface area contributed by atoms with Gasteiger partial charge in [0.05, 0.1) is 11.6 Å². The standard InChI is InChI=1S/C18H20FN3O2S/c19-14-6-2-1-5-13(14)17(24)20-9-8-16(23)22-11-4-3-7-15(22)18-21-10-12-25-18/h1-2,5-6,10,12,15H,3-4,7-9,11H2,(H,20,24). The zero-order valence-corrected chi connectivity index (χ0v) is 14.6. The zero-order chi connectivity index (χ0) is 17.6. The molecule has 2 heterocycles. The second-order valence-corrected chi connectivity index (χ2v) is 6.88. The first-order valence-corrected chi connectivity index (χ1v) is 9.26. The van der Waals surface area contributed by atoms with Crippen molar-refractivity contribution in [3.05, 3.63) is 52.2 Å². The summed E-state index contributed by atoms with van der Waals surface area (Å²) in [5.41, 5.74) is -0.00594. The van der Waals surface area contributed by atoms with E-state index in [1.165, 1.54) is 18.2 Å². The van der Waals surface area contributed by atoms with Gasteiger partial charge >= 0.3 is 0 Å². The number of halogens is 1. The van der Waals surface area contributed by atoms with E-state index < -0.39 is 11.7 Å². The third-order valence-corrected chi connectivity index (χ3v) is 5.18. The van der Waals surface area contributed by atoms with Gasteiger partial charge in [-0.2, -0.15) is 0 Å². The Morgan fingerprint density at radius 1 is 1.32 bits per heavy atom. The molecule has 1 saturated heterocycles. The van der Waals surface area contributed by atoms with E-state index in [2.05, 4.69) is 10.3 Å². The van der Waals surface area contributed by atoms with Gasteiger partial charge in [-0.1, -0.05) is 12.1 Å². The fourth-order valence-corrected chi connectivity index (χ4v) is 3.84. The third-order valence-electron chi connectivity index (χ3n) is 4.30. The van der Waals surface area contributed by atoms with Gasteiger partial charge in [0.25, 0.3) is 5.91 Å². The van der Waals surface area contributed by atoms with Gasteiger partial charge in [0.2, 0.25) is 5.91 Å². The lowest BCUT2D eigenvalue weighted by Crippen LogP contribution is -2.40. The van der Waals surface area contributed by atoms with Gasteiger partial charge in [-0.3, -0.25) is 9.59 Å². The number of piperidine rings is 1. The predicted molar refractivity (Wildman–Crippen MR) is 93.8 cm³/mol. The van der Waals surface area contributed by atoms with Gasteiger partial charge in [-0.15, -0.1) is 11.3 Å². The van der Waals surface area contributed by atoms with Crippen LogP contribution in [0.3, 0.4) is 0 Å². The summed E-state index contributed by atoms with van der Waals surface area (Å²) in [6.45, 7) is 0.900. The molecule has 5 nitrogen and oxygen atoms in total. The molecule has 2 amide bonds. The van der Waals surface area contributed by atoms with Gasteiger partial charge in [-0.25, -0.2) is 9.37 Å². The number of thiazole rings is 1. The van der Waals surface area contributed by atoms with Crippen molar-refractivity contribution in [1.29, 1.82) is 0 Å². The van der Waals surface area contributed by atoms with E-state index in [1.54, 1.807) is 23.6 Å². The van der Waals surface area contributed by atoms with E-state index in [9.17, 15) is 14.0 Å². The van der Waals surface area contributed by atoms with E-state index in [0.717, 1.165) is 24.3 Å². The minimum atomic E-state index is -0.564. The molecule has 0 radical (unpaired) electrons. The lowest BCUT2D eigenvalue weighted by Gasteiger charge is -2.34. The predicted octanol–water partition coefficient (Wildman–Crippen LogP) is 3.16. The van der Waals surface area contributed by atoms with Crippen LogP contribution >= 0.6 is 11.3 Å². The monoisotopic (exact) mass is 361 g/mol. The Labute approximate surface area is 149 Å². The highest BCUT2D eigenvalue weighted by atomic mass is 32.1. The lowest BCUT2D eigenvalue weighted by molar-refractivity contribution is -0.134. The van der Waals surface area contributed by atoms with Crippen LogP contribution < -0.4 is 5.32 Å². The Hall–Kier alpha value is -2.28. The van der Waals surface area contributed by atoms with Crippen LogP contribution in [0.1, 0.15) is 47.1 Å². The molecule has 1 aromatic heterocycles. The molecular weight excluding hydrogens is 341 g/mol. The van der Waals surface area contributed by atoms with Crippen molar-refractivity contribution in [3.63, 3.8) is 0 Å². The average Bonchev–Trinajstić information content (AvgIpc) is 3.16. The number of aromatic nitrogens is 1. The Kier molecular flexibility index (Phi) is 5.75. The summed E-state index contributed by atoms with van der Waals surface area (Å²) in [4.78, 5) is 30.8. The fourth-order valence-electron chi connectivity index (χ4n) is 3.05. The van der Waals surface area contributed by atoms with Crippen LogP contribution in [0, 0.1) is 5.82 Å². The van der Waals surface area contributed by atoms with Gasteiger partial charge in [0.1, 0.15) is 10.8 Å². The minimum Gasteiger partial charge on any atom is -0.351 e. The second-order valence-electron chi connectivity index (χ2n) is 5.95.